The van der Waals surface area contributed by atoms with Crippen molar-refractivity contribution in [1.82, 2.24) is 0 Å². The lowest BCUT2D eigenvalue weighted by atomic mass is 10.00. The Morgan fingerprint density at radius 2 is 1.93 bits per heavy atom. The summed E-state index contributed by atoms with van der Waals surface area (Å²) in [5.74, 6) is 0. The lowest BCUT2D eigenvalue weighted by molar-refractivity contribution is -0.0889. The molecule has 3 heteroatoms. The van der Waals surface area contributed by atoms with Crippen LogP contribution in [0.2, 0.25) is 0 Å². The Morgan fingerprint density at radius 3 is 2.50 bits per heavy atom. The number of hydrogen-bond donors (Lipinski definition) is 0. The van der Waals surface area contributed by atoms with E-state index in [-0.39, 0.29) is 0 Å². The van der Waals surface area contributed by atoms with Crippen molar-refractivity contribution in [3.63, 3.8) is 0 Å². The van der Waals surface area contributed by atoms with Gasteiger partial charge in [0.05, 0.1) is 5.57 Å². The van der Waals surface area contributed by atoms with Crippen LogP contribution in [0, 0.1) is 0 Å². The van der Waals surface area contributed by atoms with Crippen molar-refractivity contribution in [3.8, 4) is 0 Å². The number of rotatable bonds is 1. The lowest BCUT2D eigenvalue weighted by Gasteiger charge is -2.12. The zero-order valence-electron chi connectivity index (χ0n) is 7.43. The second-order valence-electron chi connectivity index (χ2n) is 3.29. The maximum Gasteiger partial charge on any atom is 0.416 e. The van der Waals surface area contributed by atoms with E-state index in [1.807, 2.05) is 6.08 Å². The van der Waals surface area contributed by atoms with Crippen molar-refractivity contribution in [2.45, 2.75) is 19.0 Å². The summed E-state index contributed by atoms with van der Waals surface area (Å²) in [6.45, 7) is 0. The molecule has 0 aromatic heterocycles. The van der Waals surface area contributed by atoms with Crippen molar-refractivity contribution in [1.29, 1.82) is 0 Å². The SMILES string of the molecule is FC(F)(F)C1=CCC=C1C1=CC=CC1. The Balaban J connectivity index is 2.26. The highest BCUT2D eigenvalue weighted by atomic mass is 19.4. The predicted octanol–water partition coefficient (Wildman–Crippen LogP) is 3.69. The summed E-state index contributed by atoms with van der Waals surface area (Å²) in [6.07, 6.45) is 5.07. The smallest absolute Gasteiger partial charge is 0.166 e. The van der Waals surface area contributed by atoms with Crippen LogP contribution in [0.25, 0.3) is 0 Å². The van der Waals surface area contributed by atoms with Gasteiger partial charge < -0.3 is 0 Å². The van der Waals surface area contributed by atoms with E-state index in [0.717, 1.165) is 5.57 Å². The van der Waals surface area contributed by atoms with Crippen LogP contribution in [-0.2, 0) is 0 Å². The first-order valence-corrected chi connectivity index (χ1v) is 4.43. The molecule has 0 bridgehead atoms. The molecule has 14 heavy (non-hydrogen) atoms. The van der Waals surface area contributed by atoms with Crippen LogP contribution in [0.1, 0.15) is 12.8 Å². The third-order valence-corrected chi connectivity index (χ3v) is 2.36. The molecule has 0 nitrogen and oxygen atoms in total. The van der Waals surface area contributed by atoms with E-state index in [1.54, 1.807) is 18.2 Å². The average molecular weight is 198 g/mol. The largest absolute Gasteiger partial charge is 0.416 e. The summed E-state index contributed by atoms with van der Waals surface area (Å²) in [4.78, 5) is 0. The maximum absolute atomic E-state index is 12.5. The Bertz CT molecular complexity index is 364. The van der Waals surface area contributed by atoms with E-state index >= 15 is 0 Å². The first-order chi connectivity index (χ1) is 6.59. The topological polar surface area (TPSA) is 0 Å². The van der Waals surface area contributed by atoms with Gasteiger partial charge in [-0.05, 0) is 24.0 Å². The molecule has 0 spiro atoms. The molecule has 74 valence electrons. The molecule has 0 atom stereocenters. The van der Waals surface area contributed by atoms with Gasteiger partial charge in [-0.3, -0.25) is 0 Å². The maximum atomic E-state index is 12.5. The molecule has 0 radical (unpaired) electrons. The monoisotopic (exact) mass is 198 g/mol. The van der Waals surface area contributed by atoms with Gasteiger partial charge in [-0.15, -0.1) is 0 Å². The van der Waals surface area contributed by atoms with E-state index in [4.69, 9.17) is 0 Å². The van der Waals surface area contributed by atoms with Crippen LogP contribution < -0.4 is 0 Å². The van der Waals surface area contributed by atoms with Crippen molar-refractivity contribution in [3.05, 3.63) is 47.1 Å². The molecule has 0 unspecified atom stereocenters. The zero-order valence-corrected chi connectivity index (χ0v) is 7.43. The highest BCUT2D eigenvalue weighted by Crippen LogP contribution is 2.40. The van der Waals surface area contributed by atoms with E-state index in [2.05, 4.69) is 0 Å². The highest BCUT2D eigenvalue weighted by Gasteiger charge is 2.37. The summed E-state index contributed by atoms with van der Waals surface area (Å²) in [5, 5.41) is 0. The molecule has 0 amide bonds. The van der Waals surface area contributed by atoms with Gasteiger partial charge in [-0.2, -0.15) is 13.2 Å². The fraction of sp³-hybridized carbons (Fsp3) is 0.273. The van der Waals surface area contributed by atoms with Crippen molar-refractivity contribution >= 4 is 0 Å². The van der Waals surface area contributed by atoms with Gasteiger partial charge in [0, 0.05) is 0 Å². The van der Waals surface area contributed by atoms with Gasteiger partial charge in [-0.25, -0.2) is 0 Å². The molecular weight excluding hydrogens is 189 g/mol. The van der Waals surface area contributed by atoms with Crippen molar-refractivity contribution < 1.29 is 13.2 Å². The van der Waals surface area contributed by atoms with Crippen LogP contribution in [-0.4, -0.2) is 6.18 Å². The zero-order chi connectivity index (χ0) is 10.2. The summed E-state index contributed by atoms with van der Waals surface area (Å²) in [6, 6.07) is 0. The van der Waals surface area contributed by atoms with Gasteiger partial charge in [0.1, 0.15) is 0 Å². The Hall–Kier alpha value is -1.25. The molecule has 0 aromatic rings. The minimum absolute atomic E-state index is 0.363. The Morgan fingerprint density at radius 1 is 1.14 bits per heavy atom. The molecule has 0 aromatic carbocycles. The number of halogens is 3. The summed E-state index contributed by atoms with van der Waals surface area (Å²) < 4.78 is 37.5. The van der Waals surface area contributed by atoms with E-state index < -0.39 is 11.7 Å². The third kappa shape index (κ3) is 1.54. The second-order valence-corrected chi connectivity index (χ2v) is 3.29. The van der Waals surface area contributed by atoms with E-state index in [0.29, 0.717) is 18.4 Å². The molecule has 0 saturated carbocycles. The number of alkyl halides is 3. The second kappa shape index (κ2) is 3.15. The molecule has 2 aliphatic rings. The molecule has 0 heterocycles. The molecule has 2 aliphatic carbocycles. The van der Waals surface area contributed by atoms with Gasteiger partial charge >= 0.3 is 6.18 Å². The highest BCUT2D eigenvalue weighted by molar-refractivity contribution is 5.55. The Kier molecular flexibility index (Phi) is 2.10. The van der Waals surface area contributed by atoms with Crippen LogP contribution >= 0.6 is 0 Å². The lowest BCUT2D eigenvalue weighted by Crippen LogP contribution is -2.13. The van der Waals surface area contributed by atoms with Crippen LogP contribution in [0.4, 0.5) is 13.2 Å². The van der Waals surface area contributed by atoms with Crippen LogP contribution in [0.3, 0.4) is 0 Å². The molecule has 0 aliphatic heterocycles. The average Bonchev–Trinajstić information content (AvgIpc) is 2.73. The standard InChI is InChI=1S/C11H9F3/c12-11(13,14)10-7-3-6-9(10)8-4-1-2-5-8/h1-2,4,6-7H,3,5H2. The first kappa shape index (κ1) is 9.31. The summed E-state index contributed by atoms with van der Waals surface area (Å²) >= 11 is 0. The van der Waals surface area contributed by atoms with Crippen molar-refractivity contribution in [2.75, 3.05) is 0 Å². The fourth-order valence-corrected chi connectivity index (χ4v) is 1.73. The van der Waals surface area contributed by atoms with Gasteiger partial charge in [0.25, 0.3) is 0 Å². The normalized spacial score (nSPS) is 20.9. The minimum Gasteiger partial charge on any atom is -0.166 e. The van der Waals surface area contributed by atoms with E-state index in [1.165, 1.54) is 6.08 Å². The fourth-order valence-electron chi connectivity index (χ4n) is 1.73. The van der Waals surface area contributed by atoms with Gasteiger partial charge in [0.15, 0.2) is 0 Å². The van der Waals surface area contributed by atoms with Gasteiger partial charge in [0.2, 0.25) is 0 Å². The molecular formula is C11H9F3. The number of hydrogen-bond acceptors (Lipinski definition) is 0. The third-order valence-electron chi connectivity index (χ3n) is 2.36. The summed E-state index contributed by atoms with van der Waals surface area (Å²) in [7, 11) is 0. The van der Waals surface area contributed by atoms with Gasteiger partial charge in [-0.1, -0.05) is 30.4 Å². The molecule has 2 rings (SSSR count). The quantitative estimate of drug-likeness (QED) is 0.602. The van der Waals surface area contributed by atoms with Crippen LogP contribution in [0.5, 0.6) is 0 Å². The molecule has 0 saturated heterocycles. The van der Waals surface area contributed by atoms with E-state index in [9.17, 15) is 13.2 Å². The molecule has 0 fully saturated rings. The Labute approximate surface area is 80.1 Å². The van der Waals surface area contributed by atoms with Crippen LogP contribution in [0.15, 0.2) is 47.1 Å². The minimum atomic E-state index is -4.22. The summed E-state index contributed by atoms with van der Waals surface area (Å²) in [5.41, 5.74) is 0.654. The first-order valence-electron chi connectivity index (χ1n) is 4.43. The predicted molar refractivity (Wildman–Crippen MR) is 48.7 cm³/mol. The number of allylic oxidation sites excluding steroid dienone is 8. The molecule has 0 N–H and O–H groups in total. The van der Waals surface area contributed by atoms with Crippen molar-refractivity contribution in [2.24, 2.45) is 0 Å².